The molecule has 1 amide bonds. The molecule has 0 spiro atoms. The van der Waals surface area contributed by atoms with E-state index in [2.05, 4.69) is 34.1 Å². The number of carbonyl (C=O) groups is 1. The quantitative estimate of drug-likeness (QED) is 0.789. The van der Waals surface area contributed by atoms with Crippen molar-refractivity contribution in [2.24, 2.45) is 5.73 Å². The summed E-state index contributed by atoms with van der Waals surface area (Å²) in [7, 11) is 0. The lowest BCUT2D eigenvalue weighted by Crippen LogP contribution is -2.45. The molecule has 1 fully saturated rings. The summed E-state index contributed by atoms with van der Waals surface area (Å²) in [6, 6.07) is 11.8. The third-order valence-electron chi connectivity index (χ3n) is 4.32. The van der Waals surface area contributed by atoms with Crippen LogP contribution in [-0.2, 0) is 17.9 Å². The van der Waals surface area contributed by atoms with Crippen LogP contribution in [0.15, 0.2) is 51.9 Å². The third-order valence-corrected chi connectivity index (χ3v) is 4.32. The SMILES string of the molecule is NC(=O)COc1coc(CN2CCN(Cc3ccccc3)CC2)cc1=O. The molecule has 2 heterocycles. The molecule has 2 N–H and O–H groups in total. The van der Waals surface area contributed by atoms with Crippen LogP contribution in [0.5, 0.6) is 5.75 Å². The molecule has 0 saturated carbocycles. The van der Waals surface area contributed by atoms with Crippen LogP contribution in [0, 0.1) is 0 Å². The predicted octanol–water partition coefficient (Wildman–Crippen LogP) is 0.822. The Morgan fingerprint density at radius 1 is 1.08 bits per heavy atom. The molecule has 2 aromatic rings. The molecule has 1 aromatic heterocycles. The van der Waals surface area contributed by atoms with Crippen LogP contribution in [0.1, 0.15) is 11.3 Å². The molecule has 1 saturated heterocycles. The Labute approximate surface area is 152 Å². The minimum absolute atomic E-state index is 0.000213. The van der Waals surface area contributed by atoms with Crippen LogP contribution < -0.4 is 15.9 Å². The topological polar surface area (TPSA) is 89.0 Å². The van der Waals surface area contributed by atoms with Crippen molar-refractivity contribution in [2.75, 3.05) is 32.8 Å². The monoisotopic (exact) mass is 357 g/mol. The van der Waals surface area contributed by atoms with E-state index in [1.807, 2.05) is 6.07 Å². The first-order valence-electron chi connectivity index (χ1n) is 8.61. The minimum atomic E-state index is -0.637. The van der Waals surface area contributed by atoms with Crippen molar-refractivity contribution in [1.29, 1.82) is 0 Å². The maximum atomic E-state index is 12.0. The molecule has 3 rings (SSSR count). The number of benzene rings is 1. The van der Waals surface area contributed by atoms with Crippen LogP contribution in [0.25, 0.3) is 0 Å². The lowest BCUT2D eigenvalue weighted by atomic mass is 10.2. The second-order valence-electron chi connectivity index (χ2n) is 6.37. The van der Waals surface area contributed by atoms with Crippen molar-refractivity contribution in [3.8, 4) is 5.75 Å². The Kier molecular flexibility index (Phi) is 6.04. The van der Waals surface area contributed by atoms with Gasteiger partial charge in [0.05, 0.1) is 6.54 Å². The van der Waals surface area contributed by atoms with E-state index in [4.69, 9.17) is 14.9 Å². The molecule has 0 atom stereocenters. The zero-order valence-corrected chi connectivity index (χ0v) is 14.6. The van der Waals surface area contributed by atoms with Crippen molar-refractivity contribution in [2.45, 2.75) is 13.1 Å². The summed E-state index contributed by atoms with van der Waals surface area (Å²) in [6.45, 7) is 4.96. The number of amides is 1. The molecule has 1 aliphatic rings. The molecule has 7 nitrogen and oxygen atoms in total. The number of hydrogen-bond donors (Lipinski definition) is 1. The number of rotatable bonds is 7. The fraction of sp³-hybridized carbons (Fsp3) is 0.368. The highest BCUT2D eigenvalue weighted by atomic mass is 16.5. The van der Waals surface area contributed by atoms with Gasteiger partial charge in [-0.3, -0.25) is 19.4 Å². The first-order valence-corrected chi connectivity index (χ1v) is 8.61. The van der Waals surface area contributed by atoms with Crippen molar-refractivity contribution < 1.29 is 13.9 Å². The summed E-state index contributed by atoms with van der Waals surface area (Å²) >= 11 is 0. The second kappa shape index (κ2) is 8.64. The fourth-order valence-corrected chi connectivity index (χ4v) is 2.94. The Balaban J connectivity index is 1.49. The fourth-order valence-electron chi connectivity index (χ4n) is 2.94. The van der Waals surface area contributed by atoms with Crippen molar-refractivity contribution in [1.82, 2.24) is 9.80 Å². The molecule has 0 bridgehead atoms. The number of nitrogens with two attached hydrogens (primary N) is 1. The van der Waals surface area contributed by atoms with Gasteiger partial charge in [-0.2, -0.15) is 0 Å². The van der Waals surface area contributed by atoms with Gasteiger partial charge in [-0.1, -0.05) is 30.3 Å². The van der Waals surface area contributed by atoms with E-state index < -0.39 is 5.91 Å². The zero-order valence-electron chi connectivity index (χ0n) is 14.6. The smallest absolute Gasteiger partial charge is 0.255 e. The Hall–Kier alpha value is -2.64. The van der Waals surface area contributed by atoms with Gasteiger partial charge in [0.1, 0.15) is 12.0 Å². The number of primary amides is 1. The maximum Gasteiger partial charge on any atom is 0.255 e. The maximum absolute atomic E-state index is 12.0. The van der Waals surface area contributed by atoms with Gasteiger partial charge in [0.25, 0.3) is 5.91 Å². The highest BCUT2D eigenvalue weighted by Crippen LogP contribution is 2.12. The minimum Gasteiger partial charge on any atom is -0.477 e. The summed E-state index contributed by atoms with van der Waals surface area (Å²) in [6.07, 6.45) is 1.24. The van der Waals surface area contributed by atoms with Crippen molar-refractivity contribution in [3.05, 3.63) is 64.2 Å². The Morgan fingerprint density at radius 3 is 2.35 bits per heavy atom. The van der Waals surface area contributed by atoms with E-state index >= 15 is 0 Å². The average molecular weight is 357 g/mol. The van der Waals surface area contributed by atoms with Gasteiger partial charge in [-0.05, 0) is 5.56 Å². The van der Waals surface area contributed by atoms with Gasteiger partial charge in [-0.25, -0.2) is 0 Å². The first kappa shape index (κ1) is 18.2. The Bertz CT molecular complexity index is 783. The summed E-state index contributed by atoms with van der Waals surface area (Å²) < 4.78 is 10.5. The summed E-state index contributed by atoms with van der Waals surface area (Å²) in [5.74, 6) is -0.0555. The molecular weight excluding hydrogens is 334 g/mol. The van der Waals surface area contributed by atoms with Crippen LogP contribution >= 0.6 is 0 Å². The molecule has 1 aliphatic heterocycles. The van der Waals surface area contributed by atoms with Crippen LogP contribution in [0.2, 0.25) is 0 Å². The Morgan fingerprint density at radius 2 is 1.73 bits per heavy atom. The van der Waals surface area contributed by atoms with Crippen LogP contribution in [-0.4, -0.2) is 48.5 Å². The third kappa shape index (κ3) is 5.18. The van der Waals surface area contributed by atoms with E-state index in [9.17, 15) is 9.59 Å². The van der Waals surface area contributed by atoms with Gasteiger partial charge in [0.2, 0.25) is 11.2 Å². The number of ether oxygens (including phenoxy) is 1. The lowest BCUT2D eigenvalue weighted by molar-refractivity contribution is -0.119. The number of hydrogen-bond acceptors (Lipinski definition) is 6. The molecule has 7 heteroatoms. The van der Waals surface area contributed by atoms with E-state index in [1.54, 1.807) is 0 Å². The van der Waals surface area contributed by atoms with E-state index in [0.29, 0.717) is 12.3 Å². The normalized spacial score (nSPS) is 15.7. The molecule has 0 aliphatic carbocycles. The van der Waals surface area contributed by atoms with Gasteiger partial charge in [-0.15, -0.1) is 0 Å². The average Bonchev–Trinajstić information content (AvgIpc) is 2.63. The van der Waals surface area contributed by atoms with Gasteiger partial charge in [0.15, 0.2) is 6.61 Å². The van der Waals surface area contributed by atoms with Crippen molar-refractivity contribution in [3.63, 3.8) is 0 Å². The number of piperazine rings is 1. The second-order valence-corrected chi connectivity index (χ2v) is 6.37. The molecule has 0 radical (unpaired) electrons. The molecular formula is C19H23N3O4. The molecule has 0 unspecified atom stereocenters. The van der Waals surface area contributed by atoms with E-state index in [1.165, 1.54) is 17.9 Å². The summed E-state index contributed by atoms with van der Waals surface area (Å²) in [4.78, 5) is 27.4. The van der Waals surface area contributed by atoms with Gasteiger partial charge < -0.3 is 14.9 Å². The zero-order chi connectivity index (χ0) is 18.4. The summed E-state index contributed by atoms with van der Waals surface area (Å²) in [5.41, 5.74) is 6.00. The predicted molar refractivity (Wildman–Crippen MR) is 96.7 cm³/mol. The van der Waals surface area contributed by atoms with Gasteiger partial charge >= 0.3 is 0 Å². The van der Waals surface area contributed by atoms with Crippen molar-refractivity contribution >= 4 is 5.91 Å². The summed E-state index contributed by atoms with van der Waals surface area (Å²) in [5, 5.41) is 0. The number of nitrogens with zero attached hydrogens (tertiary/aromatic N) is 2. The highest BCUT2D eigenvalue weighted by molar-refractivity contribution is 5.75. The lowest BCUT2D eigenvalue weighted by Gasteiger charge is -2.34. The molecule has 26 heavy (non-hydrogen) atoms. The van der Waals surface area contributed by atoms with Crippen LogP contribution in [0.3, 0.4) is 0 Å². The van der Waals surface area contributed by atoms with E-state index in [-0.39, 0.29) is 17.8 Å². The first-order chi connectivity index (χ1) is 12.6. The van der Waals surface area contributed by atoms with Crippen LogP contribution in [0.4, 0.5) is 0 Å². The standard InChI is InChI=1S/C19H23N3O4/c20-19(24)14-26-18-13-25-16(10-17(18)23)12-22-8-6-21(7-9-22)11-15-4-2-1-3-5-15/h1-5,10,13H,6-9,11-12,14H2,(H2,20,24). The van der Waals surface area contributed by atoms with Gasteiger partial charge in [0, 0.05) is 38.8 Å². The molecule has 138 valence electrons. The number of carbonyl (C=O) groups excluding carboxylic acids is 1. The largest absolute Gasteiger partial charge is 0.477 e. The highest BCUT2D eigenvalue weighted by Gasteiger charge is 2.18. The molecule has 1 aromatic carbocycles. The van der Waals surface area contributed by atoms with E-state index in [0.717, 1.165) is 32.7 Å².